The van der Waals surface area contributed by atoms with Crippen LogP contribution in [-0.4, -0.2) is 27.5 Å². The van der Waals surface area contributed by atoms with Crippen LogP contribution in [-0.2, 0) is 10.0 Å². The van der Waals surface area contributed by atoms with Crippen molar-refractivity contribution in [1.29, 1.82) is 0 Å². The predicted molar refractivity (Wildman–Crippen MR) is 71.9 cm³/mol. The molecule has 1 aromatic rings. The Morgan fingerprint density at radius 3 is 2.84 bits per heavy atom. The van der Waals surface area contributed by atoms with Gasteiger partial charge in [-0.1, -0.05) is 13.0 Å². The SMILES string of the molecule is Cc1ccc(F)cc1S(=O)(=O)NC1CCNCC1C. The van der Waals surface area contributed by atoms with Crippen LogP contribution in [0.3, 0.4) is 0 Å². The fraction of sp³-hybridized carbons (Fsp3) is 0.538. The molecule has 0 spiro atoms. The van der Waals surface area contributed by atoms with Gasteiger partial charge in [-0.25, -0.2) is 17.5 Å². The van der Waals surface area contributed by atoms with E-state index in [1.54, 1.807) is 6.92 Å². The Bertz CT molecular complexity index is 560. The van der Waals surface area contributed by atoms with Crippen molar-refractivity contribution in [2.24, 2.45) is 5.92 Å². The van der Waals surface area contributed by atoms with Gasteiger partial charge in [0.15, 0.2) is 0 Å². The van der Waals surface area contributed by atoms with Gasteiger partial charge in [-0.2, -0.15) is 0 Å². The maximum absolute atomic E-state index is 13.2. The molecule has 2 atom stereocenters. The van der Waals surface area contributed by atoms with E-state index in [1.807, 2.05) is 6.92 Å². The third kappa shape index (κ3) is 3.32. The van der Waals surface area contributed by atoms with Crippen LogP contribution in [0.15, 0.2) is 23.1 Å². The minimum atomic E-state index is -3.66. The largest absolute Gasteiger partial charge is 0.316 e. The average Bonchev–Trinajstić information content (AvgIpc) is 2.35. The Hall–Kier alpha value is -0.980. The lowest BCUT2D eigenvalue weighted by atomic mass is 9.97. The second-order valence-electron chi connectivity index (χ2n) is 5.11. The summed E-state index contributed by atoms with van der Waals surface area (Å²) >= 11 is 0. The van der Waals surface area contributed by atoms with E-state index in [9.17, 15) is 12.8 Å². The second-order valence-corrected chi connectivity index (χ2v) is 6.79. The normalized spacial score (nSPS) is 24.4. The highest BCUT2D eigenvalue weighted by atomic mass is 32.2. The topological polar surface area (TPSA) is 58.2 Å². The van der Waals surface area contributed by atoms with Crippen LogP contribution in [0.25, 0.3) is 0 Å². The molecule has 0 bridgehead atoms. The molecule has 0 amide bonds. The number of halogens is 1. The molecule has 1 heterocycles. The summed E-state index contributed by atoms with van der Waals surface area (Å²) in [5, 5.41) is 3.22. The zero-order valence-corrected chi connectivity index (χ0v) is 11.9. The zero-order chi connectivity index (χ0) is 14.0. The summed E-state index contributed by atoms with van der Waals surface area (Å²) in [4.78, 5) is 0.0261. The third-order valence-corrected chi connectivity index (χ3v) is 5.16. The molecule has 1 aromatic carbocycles. The number of sulfonamides is 1. The van der Waals surface area contributed by atoms with Gasteiger partial charge in [0.2, 0.25) is 10.0 Å². The van der Waals surface area contributed by atoms with Crippen LogP contribution in [0.4, 0.5) is 4.39 Å². The molecule has 1 saturated heterocycles. The molecule has 2 N–H and O–H groups in total. The van der Waals surface area contributed by atoms with Crippen LogP contribution in [0.5, 0.6) is 0 Å². The summed E-state index contributed by atoms with van der Waals surface area (Å²) < 4.78 is 40.6. The highest BCUT2D eigenvalue weighted by Crippen LogP contribution is 2.19. The maximum atomic E-state index is 13.2. The Labute approximate surface area is 113 Å². The monoisotopic (exact) mass is 286 g/mol. The van der Waals surface area contributed by atoms with Crippen molar-refractivity contribution in [2.45, 2.75) is 31.2 Å². The molecule has 1 aliphatic heterocycles. The van der Waals surface area contributed by atoms with Gasteiger partial charge < -0.3 is 5.32 Å². The van der Waals surface area contributed by atoms with E-state index in [1.165, 1.54) is 12.1 Å². The van der Waals surface area contributed by atoms with Gasteiger partial charge in [0.1, 0.15) is 5.82 Å². The Balaban J connectivity index is 2.24. The molecule has 0 aliphatic carbocycles. The molecular weight excluding hydrogens is 267 g/mol. The fourth-order valence-corrected chi connectivity index (χ4v) is 3.95. The summed E-state index contributed by atoms with van der Waals surface area (Å²) in [7, 11) is -3.66. The highest BCUT2D eigenvalue weighted by Gasteiger charge is 2.27. The number of rotatable bonds is 3. The lowest BCUT2D eigenvalue weighted by Gasteiger charge is -2.30. The number of hydrogen-bond acceptors (Lipinski definition) is 3. The first kappa shape index (κ1) is 14.4. The molecule has 19 heavy (non-hydrogen) atoms. The van der Waals surface area contributed by atoms with Gasteiger partial charge in [-0.15, -0.1) is 0 Å². The van der Waals surface area contributed by atoms with E-state index in [-0.39, 0.29) is 16.9 Å². The minimum absolute atomic E-state index is 0.0261. The summed E-state index contributed by atoms with van der Waals surface area (Å²) in [6.45, 7) is 5.24. The molecule has 1 fully saturated rings. The standard InChI is InChI=1S/C13H19FN2O2S/c1-9-3-4-11(14)7-13(9)19(17,18)16-12-5-6-15-8-10(12)2/h3-4,7,10,12,15-16H,5-6,8H2,1-2H3. The predicted octanol–water partition coefficient (Wildman–Crippen LogP) is 1.41. The molecule has 0 aromatic heterocycles. The lowest BCUT2D eigenvalue weighted by molar-refractivity contribution is 0.328. The number of aryl methyl sites for hydroxylation is 1. The molecule has 4 nitrogen and oxygen atoms in total. The van der Waals surface area contributed by atoms with Crippen LogP contribution < -0.4 is 10.0 Å². The molecular formula is C13H19FN2O2S. The van der Waals surface area contributed by atoms with Gasteiger partial charge in [0.05, 0.1) is 4.90 Å². The van der Waals surface area contributed by atoms with E-state index in [0.29, 0.717) is 5.56 Å². The number of hydrogen-bond donors (Lipinski definition) is 2. The van der Waals surface area contributed by atoms with Crippen molar-refractivity contribution in [3.8, 4) is 0 Å². The Morgan fingerprint density at radius 2 is 2.16 bits per heavy atom. The number of nitrogens with one attached hydrogen (secondary N) is 2. The summed E-state index contributed by atoms with van der Waals surface area (Å²) in [5.74, 6) is -0.318. The molecule has 2 rings (SSSR count). The Morgan fingerprint density at radius 1 is 1.42 bits per heavy atom. The molecule has 0 saturated carbocycles. The lowest BCUT2D eigenvalue weighted by Crippen LogP contribution is -2.48. The summed E-state index contributed by atoms with van der Waals surface area (Å²) in [6.07, 6.45) is 0.745. The first-order valence-electron chi connectivity index (χ1n) is 6.39. The Kier molecular flexibility index (Phi) is 4.23. The third-order valence-electron chi connectivity index (χ3n) is 3.53. The zero-order valence-electron chi connectivity index (χ0n) is 11.1. The molecule has 106 valence electrons. The average molecular weight is 286 g/mol. The first-order valence-corrected chi connectivity index (χ1v) is 7.87. The van der Waals surface area contributed by atoms with E-state index >= 15 is 0 Å². The van der Waals surface area contributed by atoms with Crippen molar-refractivity contribution in [1.82, 2.24) is 10.0 Å². The van der Waals surface area contributed by atoms with Crippen molar-refractivity contribution < 1.29 is 12.8 Å². The quantitative estimate of drug-likeness (QED) is 0.883. The van der Waals surface area contributed by atoms with Crippen molar-refractivity contribution in [2.75, 3.05) is 13.1 Å². The minimum Gasteiger partial charge on any atom is -0.316 e. The smallest absolute Gasteiger partial charge is 0.241 e. The maximum Gasteiger partial charge on any atom is 0.241 e. The van der Waals surface area contributed by atoms with Crippen LogP contribution in [0.2, 0.25) is 0 Å². The van der Waals surface area contributed by atoms with E-state index in [2.05, 4.69) is 10.0 Å². The van der Waals surface area contributed by atoms with Gasteiger partial charge in [0, 0.05) is 6.04 Å². The molecule has 1 aliphatic rings. The molecule has 2 unspecified atom stereocenters. The molecule has 6 heteroatoms. The number of piperidine rings is 1. The van der Waals surface area contributed by atoms with Crippen molar-refractivity contribution >= 4 is 10.0 Å². The summed E-state index contributed by atoms with van der Waals surface area (Å²) in [6, 6.07) is 3.72. The van der Waals surface area contributed by atoms with Crippen molar-refractivity contribution in [3.05, 3.63) is 29.6 Å². The van der Waals surface area contributed by atoms with E-state index < -0.39 is 15.8 Å². The van der Waals surface area contributed by atoms with Crippen LogP contribution in [0, 0.1) is 18.7 Å². The van der Waals surface area contributed by atoms with Gasteiger partial charge >= 0.3 is 0 Å². The second kappa shape index (κ2) is 5.56. The van der Waals surface area contributed by atoms with Crippen LogP contribution >= 0.6 is 0 Å². The van der Waals surface area contributed by atoms with Gasteiger partial charge in [-0.3, -0.25) is 0 Å². The van der Waals surface area contributed by atoms with Crippen LogP contribution in [0.1, 0.15) is 18.9 Å². The number of benzene rings is 1. The highest BCUT2D eigenvalue weighted by molar-refractivity contribution is 7.89. The van der Waals surface area contributed by atoms with Gasteiger partial charge in [-0.05, 0) is 50.0 Å². The van der Waals surface area contributed by atoms with E-state index in [4.69, 9.17) is 0 Å². The first-order chi connectivity index (χ1) is 8.90. The molecule has 0 radical (unpaired) electrons. The van der Waals surface area contributed by atoms with E-state index in [0.717, 1.165) is 25.6 Å². The summed E-state index contributed by atoms with van der Waals surface area (Å²) in [5.41, 5.74) is 0.551. The van der Waals surface area contributed by atoms with Gasteiger partial charge in [0.25, 0.3) is 0 Å². The van der Waals surface area contributed by atoms with Crippen molar-refractivity contribution in [3.63, 3.8) is 0 Å². The fourth-order valence-electron chi connectivity index (χ4n) is 2.32.